The number of nitrogens with zero attached hydrogens (tertiary/aromatic N) is 1. The fourth-order valence-corrected chi connectivity index (χ4v) is 3.61. The summed E-state index contributed by atoms with van der Waals surface area (Å²) in [6.45, 7) is 1.87. The molecule has 1 atom stereocenters. The molecule has 2 aromatic carbocycles. The van der Waals surface area contributed by atoms with Crippen LogP contribution < -0.4 is 15.4 Å². The standard InChI is InChI=1S/C27H33N3O9/c1-2-3-7-14-28-24(33)21(15-18-10-12-20(13-11-18)39-23(25(34)35)26(36)37)29-27(38)30(17-22(31)32)16-19-8-5-4-6-9-19/h4-6,8-13,21,23H,2-3,7,14-17H2,1H3,(H,28,33)(H,29,38)(H,31,32)(H,34,35)(H,36,37). The Kier molecular flexibility index (Phi) is 12.2. The fourth-order valence-electron chi connectivity index (χ4n) is 3.61. The number of aliphatic carboxylic acids is 3. The van der Waals surface area contributed by atoms with E-state index >= 15 is 0 Å². The lowest BCUT2D eigenvalue weighted by molar-refractivity contribution is -0.159. The van der Waals surface area contributed by atoms with Crippen LogP contribution >= 0.6 is 0 Å². The highest BCUT2D eigenvalue weighted by Crippen LogP contribution is 2.16. The van der Waals surface area contributed by atoms with Gasteiger partial charge in [0.05, 0.1) is 0 Å². The van der Waals surface area contributed by atoms with Crippen molar-refractivity contribution in [3.8, 4) is 5.75 Å². The number of carbonyl (C=O) groups excluding carboxylic acids is 2. The molecule has 0 saturated heterocycles. The topological polar surface area (TPSA) is 183 Å². The summed E-state index contributed by atoms with van der Waals surface area (Å²) in [5.41, 5.74) is 1.28. The maximum absolute atomic E-state index is 13.1. The van der Waals surface area contributed by atoms with Crippen LogP contribution in [-0.2, 0) is 32.1 Å². The molecule has 12 nitrogen and oxygen atoms in total. The van der Waals surface area contributed by atoms with Crippen LogP contribution in [0.5, 0.6) is 5.75 Å². The average molecular weight is 544 g/mol. The third-order valence-electron chi connectivity index (χ3n) is 5.59. The Morgan fingerprint density at radius 1 is 0.872 bits per heavy atom. The molecule has 3 amide bonds. The number of carboxylic acid groups (broad SMARTS) is 3. The predicted molar refractivity (Wildman–Crippen MR) is 139 cm³/mol. The second-order valence-corrected chi connectivity index (χ2v) is 8.76. The van der Waals surface area contributed by atoms with E-state index in [1.165, 1.54) is 24.3 Å². The smallest absolute Gasteiger partial charge is 0.356 e. The van der Waals surface area contributed by atoms with Gasteiger partial charge in [-0.25, -0.2) is 14.4 Å². The molecule has 0 aliphatic heterocycles. The first-order chi connectivity index (χ1) is 18.6. The molecule has 0 spiro atoms. The molecule has 0 bridgehead atoms. The Hall–Kier alpha value is -4.61. The number of rotatable bonds is 16. The van der Waals surface area contributed by atoms with E-state index in [1.807, 2.05) is 6.92 Å². The summed E-state index contributed by atoms with van der Waals surface area (Å²) in [7, 11) is 0. The number of hydrogen-bond acceptors (Lipinski definition) is 6. The third kappa shape index (κ3) is 10.7. The van der Waals surface area contributed by atoms with Gasteiger partial charge in [0, 0.05) is 19.5 Å². The molecular formula is C27H33N3O9. The third-order valence-corrected chi connectivity index (χ3v) is 5.59. The molecule has 5 N–H and O–H groups in total. The summed E-state index contributed by atoms with van der Waals surface area (Å²) >= 11 is 0. The molecular weight excluding hydrogens is 510 g/mol. The van der Waals surface area contributed by atoms with E-state index in [4.69, 9.17) is 14.9 Å². The first-order valence-corrected chi connectivity index (χ1v) is 12.4. The monoisotopic (exact) mass is 543 g/mol. The summed E-state index contributed by atoms with van der Waals surface area (Å²) in [5.74, 6) is -4.98. The molecule has 0 heterocycles. The lowest BCUT2D eigenvalue weighted by Crippen LogP contribution is -2.53. The molecule has 0 aliphatic rings. The minimum Gasteiger partial charge on any atom is -0.480 e. The van der Waals surface area contributed by atoms with E-state index in [0.717, 1.165) is 24.2 Å². The molecule has 2 rings (SSSR count). The highest BCUT2D eigenvalue weighted by atomic mass is 16.5. The van der Waals surface area contributed by atoms with Gasteiger partial charge in [0.1, 0.15) is 18.3 Å². The second-order valence-electron chi connectivity index (χ2n) is 8.76. The minimum absolute atomic E-state index is 0.00588. The van der Waals surface area contributed by atoms with Gasteiger partial charge in [0.15, 0.2) is 0 Å². The summed E-state index contributed by atoms with van der Waals surface area (Å²) in [6, 6.07) is 12.8. The van der Waals surface area contributed by atoms with Crippen LogP contribution in [0.4, 0.5) is 4.79 Å². The van der Waals surface area contributed by atoms with Crippen molar-refractivity contribution in [1.82, 2.24) is 15.5 Å². The minimum atomic E-state index is -2.08. The Morgan fingerprint density at radius 3 is 2.08 bits per heavy atom. The van der Waals surface area contributed by atoms with E-state index in [9.17, 15) is 29.1 Å². The van der Waals surface area contributed by atoms with Gasteiger partial charge in [-0.05, 0) is 29.7 Å². The quantitative estimate of drug-likeness (QED) is 0.156. The molecule has 210 valence electrons. The lowest BCUT2D eigenvalue weighted by Gasteiger charge is -2.25. The number of benzene rings is 2. The zero-order valence-corrected chi connectivity index (χ0v) is 21.5. The molecule has 12 heteroatoms. The van der Waals surface area contributed by atoms with Gasteiger partial charge in [0.25, 0.3) is 6.10 Å². The highest BCUT2D eigenvalue weighted by Gasteiger charge is 2.28. The maximum Gasteiger partial charge on any atom is 0.356 e. The SMILES string of the molecule is CCCCCNC(=O)C(Cc1ccc(OC(C(=O)O)C(=O)O)cc1)NC(=O)N(CC(=O)O)Cc1ccccc1. The molecule has 1 unspecified atom stereocenters. The Morgan fingerprint density at radius 2 is 1.51 bits per heavy atom. The van der Waals surface area contributed by atoms with Gasteiger partial charge >= 0.3 is 23.9 Å². The zero-order chi connectivity index (χ0) is 28.8. The van der Waals surface area contributed by atoms with E-state index in [2.05, 4.69) is 10.6 Å². The van der Waals surface area contributed by atoms with Crippen molar-refractivity contribution in [1.29, 1.82) is 0 Å². The van der Waals surface area contributed by atoms with Crippen molar-refractivity contribution < 1.29 is 44.0 Å². The van der Waals surface area contributed by atoms with Gasteiger partial charge in [-0.3, -0.25) is 9.59 Å². The summed E-state index contributed by atoms with van der Waals surface area (Å²) in [5, 5.41) is 32.7. The first-order valence-electron chi connectivity index (χ1n) is 12.4. The summed E-state index contributed by atoms with van der Waals surface area (Å²) in [6.07, 6.45) is 0.567. The fraction of sp³-hybridized carbons (Fsp3) is 0.370. The summed E-state index contributed by atoms with van der Waals surface area (Å²) in [4.78, 5) is 60.8. The number of unbranched alkanes of at least 4 members (excludes halogenated alkanes) is 2. The van der Waals surface area contributed by atoms with Crippen LogP contribution in [0.3, 0.4) is 0 Å². The van der Waals surface area contributed by atoms with E-state index < -0.39 is 48.5 Å². The van der Waals surface area contributed by atoms with Crippen LogP contribution in [0, 0.1) is 0 Å². The van der Waals surface area contributed by atoms with Crippen molar-refractivity contribution in [2.24, 2.45) is 0 Å². The normalized spacial score (nSPS) is 11.3. The molecule has 0 fully saturated rings. The van der Waals surface area contributed by atoms with E-state index in [0.29, 0.717) is 17.7 Å². The Labute approximate surface area is 225 Å². The zero-order valence-electron chi connectivity index (χ0n) is 21.5. The van der Waals surface area contributed by atoms with Gasteiger partial charge in [-0.1, -0.05) is 62.2 Å². The maximum atomic E-state index is 13.1. The van der Waals surface area contributed by atoms with Crippen molar-refractivity contribution in [3.63, 3.8) is 0 Å². The molecule has 2 aromatic rings. The molecule has 39 heavy (non-hydrogen) atoms. The van der Waals surface area contributed by atoms with Crippen molar-refractivity contribution in [2.45, 2.75) is 51.3 Å². The van der Waals surface area contributed by atoms with Gasteiger partial charge in [-0.2, -0.15) is 0 Å². The molecule has 0 saturated carbocycles. The van der Waals surface area contributed by atoms with Crippen LogP contribution in [0.25, 0.3) is 0 Å². The number of ether oxygens (including phenoxy) is 1. The second kappa shape index (κ2) is 15.6. The van der Waals surface area contributed by atoms with E-state index in [1.54, 1.807) is 30.3 Å². The molecule has 0 aliphatic carbocycles. The number of carbonyl (C=O) groups is 5. The van der Waals surface area contributed by atoms with Crippen LogP contribution in [0.15, 0.2) is 54.6 Å². The van der Waals surface area contributed by atoms with E-state index in [-0.39, 0.29) is 18.7 Å². The summed E-state index contributed by atoms with van der Waals surface area (Å²) < 4.78 is 5.00. The molecule has 0 radical (unpaired) electrons. The number of hydrogen-bond donors (Lipinski definition) is 5. The van der Waals surface area contributed by atoms with Gasteiger partial charge in [0.2, 0.25) is 5.91 Å². The van der Waals surface area contributed by atoms with Crippen LogP contribution in [-0.4, -0.2) is 75.3 Å². The lowest BCUT2D eigenvalue weighted by atomic mass is 10.0. The Bertz CT molecular complexity index is 1110. The molecule has 0 aromatic heterocycles. The highest BCUT2D eigenvalue weighted by molar-refractivity contribution is 5.96. The Balaban J connectivity index is 2.19. The largest absolute Gasteiger partial charge is 0.480 e. The number of nitrogens with one attached hydrogen (secondary N) is 2. The number of carboxylic acids is 3. The number of urea groups is 1. The van der Waals surface area contributed by atoms with Crippen LogP contribution in [0.1, 0.15) is 37.3 Å². The predicted octanol–water partition coefficient (Wildman–Crippen LogP) is 2.12. The van der Waals surface area contributed by atoms with Crippen molar-refractivity contribution in [3.05, 3.63) is 65.7 Å². The van der Waals surface area contributed by atoms with Crippen molar-refractivity contribution in [2.75, 3.05) is 13.1 Å². The average Bonchev–Trinajstić information content (AvgIpc) is 2.89. The first kappa shape index (κ1) is 30.6. The van der Waals surface area contributed by atoms with Crippen LogP contribution in [0.2, 0.25) is 0 Å². The number of amides is 3. The van der Waals surface area contributed by atoms with Crippen molar-refractivity contribution >= 4 is 29.8 Å². The van der Waals surface area contributed by atoms with Gasteiger partial charge < -0.3 is 35.6 Å². The van der Waals surface area contributed by atoms with Gasteiger partial charge in [-0.15, -0.1) is 0 Å².